The van der Waals surface area contributed by atoms with E-state index >= 15 is 0 Å². The number of carbonyl (C=O) groups excluding carboxylic acids is 1. The number of ether oxygens (including phenoxy) is 1. The van der Waals surface area contributed by atoms with Crippen molar-refractivity contribution in [1.29, 1.82) is 0 Å². The van der Waals surface area contributed by atoms with E-state index in [4.69, 9.17) is 4.74 Å². The van der Waals surface area contributed by atoms with Crippen molar-refractivity contribution in [2.75, 3.05) is 18.2 Å². The van der Waals surface area contributed by atoms with Gasteiger partial charge in [0.15, 0.2) is 5.16 Å². The zero-order valence-corrected chi connectivity index (χ0v) is 21.9. The number of hydrogen-bond donors (Lipinski definition) is 1. The first-order valence-corrected chi connectivity index (χ1v) is 13.1. The Morgan fingerprint density at radius 1 is 0.946 bits per heavy atom. The quantitative estimate of drug-likeness (QED) is 0.247. The van der Waals surface area contributed by atoms with Crippen LogP contribution < -0.4 is 10.1 Å². The number of amides is 1. The molecule has 0 fully saturated rings. The minimum atomic E-state index is -0.121. The number of fused-ring (bicyclic) bond motifs is 1. The molecule has 1 N–H and O–H groups in total. The van der Waals surface area contributed by atoms with Crippen molar-refractivity contribution in [2.24, 2.45) is 0 Å². The average Bonchev–Trinajstić information content (AvgIpc) is 3.30. The molecule has 7 heteroatoms. The lowest BCUT2D eigenvalue weighted by Crippen LogP contribution is -2.15. The third-order valence-corrected chi connectivity index (χ3v) is 7.14. The molecule has 0 spiro atoms. The summed E-state index contributed by atoms with van der Waals surface area (Å²) in [5, 5.41) is 15.1. The lowest BCUT2D eigenvalue weighted by Gasteiger charge is -2.14. The second kappa shape index (κ2) is 10.9. The summed E-state index contributed by atoms with van der Waals surface area (Å²) >= 11 is 1.37. The molecular weight excluding hydrogens is 480 g/mol. The molecule has 1 aromatic heterocycles. The van der Waals surface area contributed by atoms with E-state index in [9.17, 15) is 4.79 Å². The summed E-state index contributed by atoms with van der Waals surface area (Å²) in [6.45, 7) is 4.17. The zero-order chi connectivity index (χ0) is 25.8. The van der Waals surface area contributed by atoms with Gasteiger partial charge < -0.3 is 10.1 Å². The second-order valence-corrected chi connectivity index (χ2v) is 9.85. The number of nitrogens with zero attached hydrogens (tertiary/aromatic N) is 3. The van der Waals surface area contributed by atoms with Crippen molar-refractivity contribution >= 4 is 34.1 Å². The standard InChI is InChI=1S/C30H28N4O2S/c1-20-14-15-27(21(2)16-20)34-28(17-23-10-6-9-22-8-4-5-13-26(22)23)32-33-30(34)37-19-29(35)31-24-11-7-12-25(18-24)36-3/h4-16,18H,17,19H2,1-3H3,(H,31,35). The number of benzene rings is 4. The molecule has 1 amide bonds. The number of anilines is 1. The third-order valence-electron chi connectivity index (χ3n) is 6.21. The van der Waals surface area contributed by atoms with Crippen LogP contribution >= 0.6 is 11.8 Å². The van der Waals surface area contributed by atoms with Gasteiger partial charge in [0, 0.05) is 18.2 Å². The predicted octanol–water partition coefficient (Wildman–Crippen LogP) is 6.37. The average molecular weight is 509 g/mol. The molecule has 1 heterocycles. The normalized spacial score (nSPS) is 11.0. The Bertz CT molecular complexity index is 1570. The molecule has 0 aliphatic carbocycles. The molecule has 5 rings (SSSR count). The molecule has 0 aliphatic rings. The van der Waals surface area contributed by atoms with E-state index < -0.39 is 0 Å². The van der Waals surface area contributed by atoms with Gasteiger partial charge in [0.2, 0.25) is 5.91 Å². The first-order chi connectivity index (χ1) is 18.0. The maximum Gasteiger partial charge on any atom is 0.234 e. The first kappa shape index (κ1) is 24.6. The Morgan fingerprint density at radius 3 is 2.59 bits per heavy atom. The molecule has 6 nitrogen and oxygen atoms in total. The van der Waals surface area contributed by atoms with E-state index in [-0.39, 0.29) is 11.7 Å². The summed E-state index contributed by atoms with van der Waals surface area (Å²) < 4.78 is 7.33. The van der Waals surface area contributed by atoms with Crippen LogP contribution in [-0.4, -0.2) is 33.5 Å². The summed E-state index contributed by atoms with van der Waals surface area (Å²) in [7, 11) is 1.60. The monoisotopic (exact) mass is 508 g/mol. The molecule has 5 aromatic rings. The van der Waals surface area contributed by atoms with Crippen LogP contribution in [0.5, 0.6) is 5.75 Å². The summed E-state index contributed by atoms with van der Waals surface area (Å²) in [5.41, 5.74) is 5.21. The highest BCUT2D eigenvalue weighted by atomic mass is 32.2. The van der Waals surface area contributed by atoms with Crippen LogP contribution in [0.2, 0.25) is 0 Å². The van der Waals surface area contributed by atoms with Crippen molar-refractivity contribution in [2.45, 2.75) is 25.4 Å². The van der Waals surface area contributed by atoms with Gasteiger partial charge in [-0.3, -0.25) is 9.36 Å². The second-order valence-electron chi connectivity index (χ2n) is 8.91. The molecule has 0 unspecified atom stereocenters. The minimum absolute atomic E-state index is 0.121. The number of hydrogen-bond acceptors (Lipinski definition) is 5. The van der Waals surface area contributed by atoms with Gasteiger partial charge >= 0.3 is 0 Å². The SMILES string of the molecule is COc1cccc(NC(=O)CSc2nnc(Cc3cccc4ccccc34)n2-c2ccc(C)cc2C)c1. The summed E-state index contributed by atoms with van der Waals surface area (Å²) in [5.74, 6) is 1.61. The van der Waals surface area contributed by atoms with Crippen LogP contribution in [0.1, 0.15) is 22.5 Å². The number of methoxy groups -OCH3 is 1. The maximum atomic E-state index is 12.8. The highest BCUT2D eigenvalue weighted by Crippen LogP contribution is 2.28. The Morgan fingerprint density at radius 2 is 1.76 bits per heavy atom. The molecule has 0 radical (unpaired) electrons. The van der Waals surface area contributed by atoms with E-state index in [1.807, 2.05) is 18.2 Å². The Labute approximate surface area is 220 Å². The molecule has 0 bridgehead atoms. The fourth-order valence-corrected chi connectivity index (χ4v) is 5.22. The van der Waals surface area contributed by atoms with Crippen molar-refractivity contribution in [3.63, 3.8) is 0 Å². The van der Waals surface area contributed by atoms with Crippen molar-refractivity contribution in [3.05, 3.63) is 107 Å². The van der Waals surface area contributed by atoms with E-state index in [1.54, 1.807) is 13.2 Å². The molecule has 0 saturated heterocycles. The van der Waals surface area contributed by atoms with Crippen LogP contribution in [-0.2, 0) is 11.2 Å². The smallest absolute Gasteiger partial charge is 0.234 e. The molecule has 186 valence electrons. The summed E-state index contributed by atoms with van der Waals surface area (Å²) in [6.07, 6.45) is 0.623. The van der Waals surface area contributed by atoms with Crippen LogP contribution in [0.3, 0.4) is 0 Å². The van der Waals surface area contributed by atoms with Gasteiger partial charge in [-0.15, -0.1) is 10.2 Å². The van der Waals surface area contributed by atoms with Gasteiger partial charge in [-0.05, 0) is 53.9 Å². The van der Waals surface area contributed by atoms with Crippen LogP contribution in [0.25, 0.3) is 16.5 Å². The number of rotatable bonds is 8. The number of carbonyl (C=O) groups is 1. The topological polar surface area (TPSA) is 69.0 Å². The van der Waals surface area contributed by atoms with Gasteiger partial charge in [-0.2, -0.15) is 0 Å². The van der Waals surface area contributed by atoms with Gasteiger partial charge in [0.25, 0.3) is 0 Å². The highest BCUT2D eigenvalue weighted by Gasteiger charge is 2.18. The molecule has 0 atom stereocenters. The van der Waals surface area contributed by atoms with Crippen LogP contribution in [0, 0.1) is 13.8 Å². The van der Waals surface area contributed by atoms with Crippen LogP contribution in [0.4, 0.5) is 5.69 Å². The lowest BCUT2D eigenvalue weighted by molar-refractivity contribution is -0.113. The lowest BCUT2D eigenvalue weighted by atomic mass is 10.0. The summed E-state index contributed by atoms with van der Waals surface area (Å²) in [4.78, 5) is 12.8. The van der Waals surface area contributed by atoms with E-state index in [1.165, 1.54) is 33.7 Å². The van der Waals surface area contributed by atoms with E-state index in [2.05, 4.69) is 94.6 Å². The molecule has 0 saturated carbocycles. The Kier molecular flexibility index (Phi) is 7.23. The van der Waals surface area contributed by atoms with Crippen molar-refractivity contribution in [1.82, 2.24) is 14.8 Å². The maximum absolute atomic E-state index is 12.8. The first-order valence-electron chi connectivity index (χ1n) is 12.1. The number of aryl methyl sites for hydroxylation is 2. The van der Waals surface area contributed by atoms with Gasteiger partial charge in [-0.1, -0.05) is 78.0 Å². The molecular formula is C30H28N4O2S. The molecule has 37 heavy (non-hydrogen) atoms. The minimum Gasteiger partial charge on any atom is -0.497 e. The van der Waals surface area contributed by atoms with Crippen molar-refractivity contribution in [3.8, 4) is 11.4 Å². The van der Waals surface area contributed by atoms with Gasteiger partial charge in [-0.25, -0.2) is 0 Å². The molecule has 0 aliphatic heterocycles. The van der Waals surface area contributed by atoms with Gasteiger partial charge in [0.1, 0.15) is 11.6 Å². The fraction of sp³-hybridized carbons (Fsp3) is 0.167. The van der Waals surface area contributed by atoms with Crippen LogP contribution in [0.15, 0.2) is 90.1 Å². The predicted molar refractivity (Wildman–Crippen MR) is 150 cm³/mol. The molecule has 4 aromatic carbocycles. The highest BCUT2D eigenvalue weighted by molar-refractivity contribution is 7.99. The number of thioether (sulfide) groups is 1. The Hall–Kier alpha value is -4.10. The van der Waals surface area contributed by atoms with Gasteiger partial charge in [0.05, 0.1) is 18.6 Å². The largest absolute Gasteiger partial charge is 0.497 e. The summed E-state index contributed by atoms with van der Waals surface area (Å²) in [6, 6.07) is 28.4. The number of nitrogens with one attached hydrogen (secondary N) is 1. The number of aromatic nitrogens is 3. The van der Waals surface area contributed by atoms with E-state index in [0.29, 0.717) is 23.0 Å². The van der Waals surface area contributed by atoms with Crippen molar-refractivity contribution < 1.29 is 9.53 Å². The third kappa shape index (κ3) is 5.52. The fourth-order valence-electron chi connectivity index (χ4n) is 4.45. The Balaban J connectivity index is 1.44. The van der Waals surface area contributed by atoms with E-state index in [0.717, 1.165) is 17.1 Å². The zero-order valence-electron chi connectivity index (χ0n) is 21.1.